The second kappa shape index (κ2) is 3.96. The molecule has 0 bridgehead atoms. The highest BCUT2D eigenvalue weighted by Gasteiger charge is 2.62. The van der Waals surface area contributed by atoms with Crippen molar-refractivity contribution < 1.29 is 13.2 Å². The molecule has 1 N–H and O–H groups in total. The highest BCUT2D eigenvalue weighted by atomic mass is 19.4. The predicted molar refractivity (Wildman–Crippen MR) is 54.7 cm³/mol. The van der Waals surface area contributed by atoms with Crippen molar-refractivity contribution in [2.24, 2.45) is 5.41 Å². The van der Waals surface area contributed by atoms with Gasteiger partial charge in [0.05, 0.1) is 0 Å². The monoisotopic (exact) mass is 223 g/mol. The molecule has 1 nitrogen and oxygen atoms in total. The van der Waals surface area contributed by atoms with Gasteiger partial charge in [-0.15, -0.1) is 0 Å². The molecule has 0 aliphatic heterocycles. The Morgan fingerprint density at radius 1 is 1.13 bits per heavy atom. The summed E-state index contributed by atoms with van der Waals surface area (Å²) in [5.74, 6) is 0. The molecule has 0 aromatic heterocycles. The normalized spacial score (nSPS) is 31.6. The fourth-order valence-corrected chi connectivity index (χ4v) is 2.76. The Bertz CT molecular complexity index is 218. The second-order valence-electron chi connectivity index (χ2n) is 5.02. The van der Waals surface area contributed by atoms with Crippen LogP contribution in [0.1, 0.15) is 46.5 Å². The van der Waals surface area contributed by atoms with Crippen molar-refractivity contribution >= 4 is 0 Å². The van der Waals surface area contributed by atoms with Gasteiger partial charge in [-0.1, -0.05) is 33.6 Å². The highest BCUT2D eigenvalue weighted by Crippen LogP contribution is 2.52. The van der Waals surface area contributed by atoms with Gasteiger partial charge < -0.3 is 5.32 Å². The van der Waals surface area contributed by atoms with Crippen LogP contribution >= 0.6 is 0 Å². The Kier molecular flexibility index (Phi) is 3.39. The molecule has 1 saturated carbocycles. The first-order valence-corrected chi connectivity index (χ1v) is 5.58. The van der Waals surface area contributed by atoms with E-state index in [1.807, 2.05) is 0 Å². The van der Waals surface area contributed by atoms with Gasteiger partial charge in [0, 0.05) is 0 Å². The first kappa shape index (κ1) is 12.8. The zero-order valence-electron chi connectivity index (χ0n) is 9.67. The van der Waals surface area contributed by atoms with E-state index >= 15 is 0 Å². The van der Waals surface area contributed by atoms with E-state index in [0.29, 0.717) is 19.4 Å². The summed E-state index contributed by atoms with van der Waals surface area (Å²) < 4.78 is 39.6. The molecule has 1 fully saturated rings. The molecule has 4 heteroatoms. The van der Waals surface area contributed by atoms with Gasteiger partial charge in [-0.25, -0.2) is 0 Å². The third kappa shape index (κ3) is 2.01. The maximum atomic E-state index is 13.2. The molecule has 90 valence electrons. The largest absolute Gasteiger partial charge is 0.407 e. The molecule has 0 saturated heterocycles. The van der Waals surface area contributed by atoms with Gasteiger partial charge in [-0.05, 0) is 24.8 Å². The number of alkyl halides is 3. The fraction of sp³-hybridized carbons (Fsp3) is 1.00. The van der Waals surface area contributed by atoms with Crippen molar-refractivity contribution in [3.05, 3.63) is 0 Å². The number of hydrogen-bond acceptors (Lipinski definition) is 1. The van der Waals surface area contributed by atoms with E-state index in [2.05, 4.69) is 5.32 Å². The first-order chi connectivity index (χ1) is 6.77. The van der Waals surface area contributed by atoms with Gasteiger partial charge in [-0.3, -0.25) is 0 Å². The number of hydrogen-bond donors (Lipinski definition) is 1. The fourth-order valence-electron chi connectivity index (χ4n) is 2.76. The smallest absolute Gasteiger partial charge is 0.303 e. The van der Waals surface area contributed by atoms with Crippen LogP contribution in [0.25, 0.3) is 0 Å². The van der Waals surface area contributed by atoms with Crippen LogP contribution in [0.5, 0.6) is 0 Å². The van der Waals surface area contributed by atoms with Crippen molar-refractivity contribution in [1.29, 1.82) is 0 Å². The van der Waals surface area contributed by atoms with E-state index in [0.717, 1.165) is 6.42 Å². The summed E-state index contributed by atoms with van der Waals surface area (Å²) in [6.45, 7) is 5.55. The van der Waals surface area contributed by atoms with E-state index in [1.165, 1.54) is 0 Å². The van der Waals surface area contributed by atoms with E-state index in [4.69, 9.17) is 0 Å². The zero-order valence-corrected chi connectivity index (χ0v) is 9.67. The lowest BCUT2D eigenvalue weighted by Gasteiger charge is -2.51. The van der Waals surface area contributed by atoms with Crippen molar-refractivity contribution in [2.75, 3.05) is 6.54 Å². The van der Waals surface area contributed by atoms with Gasteiger partial charge in [-0.2, -0.15) is 13.2 Å². The molecule has 1 aliphatic carbocycles. The van der Waals surface area contributed by atoms with Crippen molar-refractivity contribution in [1.82, 2.24) is 5.32 Å². The first-order valence-electron chi connectivity index (χ1n) is 5.58. The van der Waals surface area contributed by atoms with E-state index in [1.54, 1.807) is 20.8 Å². The Morgan fingerprint density at radius 2 is 1.67 bits per heavy atom. The summed E-state index contributed by atoms with van der Waals surface area (Å²) in [5, 5.41) is 2.70. The number of nitrogens with one attached hydrogen (secondary N) is 1. The van der Waals surface area contributed by atoms with Crippen LogP contribution in [0.3, 0.4) is 0 Å². The van der Waals surface area contributed by atoms with Crippen LogP contribution in [0.15, 0.2) is 0 Å². The molecule has 15 heavy (non-hydrogen) atoms. The molecule has 1 rings (SSSR count). The average molecular weight is 223 g/mol. The Hall–Kier alpha value is -0.250. The van der Waals surface area contributed by atoms with Gasteiger partial charge >= 0.3 is 6.18 Å². The SMILES string of the molecule is CCNC1(C(F)(F)F)CCCCC1(C)C. The quantitative estimate of drug-likeness (QED) is 0.755. The molecule has 0 spiro atoms. The number of halogens is 3. The molecule has 0 aromatic carbocycles. The molecule has 0 radical (unpaired) electrons. The van der Waals surface area contributed by atoms with Gasteiger partial charge in [0.1, 0.15) is 5.54 Å². The summed E-state index contributed by atoms with van der Waals surface area (Å²) >= 11 is 0. The van der Waals surface area contributed by atoms with Crippen LogP contribution in [0.4, 0.5) is 13.2 Å². The maximum absolute atomic E-state index is 13.2. The van der Waals surface area contributed by atoms with Crippen LogP contribution in [-0.2, 0) is 0 Å². The lowest BCUT2D eigenvalue weighted by Crippen LogP contribution is -2.66. The summed E-state index contributed by atoms with van der Waals surface area (Å²) in [5.41, 5.74) is -2.40. The molecular formula is C11H20F3N. The molecule has 1 aliphatic rings. The predicted octanol–water partition coefficient (Wildman–Crippen LogP) is 3.50. The number of rotatable bonds is 2. The lowest BCUT2D eigenvalue weighted by atomic mass is 9.62. The van der Waals surface area contributed by atoms with E-state index in [9.17, 15) is 13.2 Å². The summed E-state index contributed by atoms with van der Waals surface area (Å²) in [6.07, 6.45) is -1.75. The highest BCUT2D eigenvalue weighted by molar-refractivity contribution is 5.07. The third-order valence-electron chi connectivity index (χ3n) is 3.72. The third-order valence-corrected chi connectivity index (χ3v) is 3.72. The van der Waals surface area contributed by atoms with Crippen molar-refractivity contribution in [2.45, 2.75) is 58.2 Å². The summed E-state index contributed by atoms with van der Waals surface area (Å²) in [4.78, 5) is 0. The second-order valence-corrected chi connectivity index (χ2v) is 5.02. The molecule has 0 heterocycles. The minimum atomic E-state index is -4.16. The molecule has 1 unspecified atom stereocenters. The Morgan fingerprint density at radius 3 is 2.07 bits per heavy atom. The molecular weight excluding hydrogens is 203 g/mol. The van der Waals surface area contributed by atoms with Crippen LogP contribution in [0.2, 0.25) is 0 Å². The summed E-state index contributed by atoms with van der Waals surface area (Å²) in [6, 6.07) is 0. The van der Waals surface area contributed by atoms with E-state index < -0.39 is 17.1 Å². The molecule has 1 atom stereocenters. The van der Waals surface area contributed by atoms with Crippen LogP contribution in [-0.4, -0.2) is 18.3 Å². The van der Waals surface area contributed by atoms with Crippen molar-refractivity contribution in [3.63, 3.8) is 0 Å². The van der Waals surface area contributed by atoms with Gasteiger partial charge in [0.2, 0.25) is 0 Å². The zero-order chi connectivity index (χ0) is 11.7. The van der Waals surface area contributed by atoms with E-state index in [-0.39, 0.29) is 6.42 Å². The van der Waals surface area contributed by atoms with Gasteiger partial charge in [0.25, 0.3) is 0 Å². The lowest BCUT2D eigenvalue weighted by molar-refractivity contribution is -0.237. The van der Waals surface area contributed by atoms with Gasteiger partial charge in [0.15, 0.2) is 0 Å². The molecule has 0 aromatic rings. The average Bonchev–Trinajstić information content (AvgIpc) is 2.06. The molecule has 0 amide bonds. The Labute approximate surface area is 89.4 Å². The standard InChI is InChI=1S/C11H20F3N/c1-4-15-10(11(12,13)14)8-6-5-7-9(10,2)3/h15H,4-8H2,1-3H3. The van der Waals surface area contributed by atoms with Crippen molar-refractivity contribution in [3.8, 4) is 0 Å². The minimum Gasteiger partial charge on any atom is -0.303 e. The maximum Gasteiger partial charge on any atom is 0.407 e. The van der Waals surface area contributed by atoms with Crippen LogP contribution < -0.4 is 5.32 Å². The topological polar surface area (TPSA) is 12.0 Å². The summed E-state index contributed by atoms with van der Waals surface area (Å²) in [7, 11) is 0. The Balaban J connectivity index is 3.07. The van der Waals surface area contributed by atoms with Crippen LogP contribution in [0, 0.1) is 5.41 Å². The minimum absolute atomic E-state index is 0.206.